The van der Waals surface area contributed by atoms with Crippen LogP contribution in [0.1, 0.15) is 17.2 Å². The molecule has 14 heavy (non-hydrogen) atoms. The molecule has 0 aliphatic heterocycles. The summed E-state index contributed by atoms with van der Waals surface area (Å²) in [5, 5.41) is 18.7. The van der Waals surface area contributed by atoms with Crippen LogP contribution in [-0.4, -0.2) is 27.2 Å². The summed E-state index contributed by atoms with van der Waals surface area (Å²) in [6, 6.07) is 1.43. The van der Waals surface area contributed by atoms with Crippen LogP contribution in [0, 0.1) is 12.9 Å². The molecule has 0 aromatic carbocycles. The number of aliphatic hydroxyl groups is 2. The van der Waals surface area contributed by atoms with Gasteiger partial charge in [0.15, 0.2) is 0 Å². The second-order valence-corrected chi connectivity index (χ2v) is 3.37. The zero-order valence-corrected chi connectivity index (χ0v) is 8.37. The van der Waals surface area contributed by atoms with Gasteiger partial charge in [-0.2, -0.15) is 4.39 Å². The topological polar surface area (TPSA) is 53.4 Å². The van der Waals surface area contributed by atoms with Gasteiger partial charge >= 0.3 is 0 Å². The van der Waals surface area contributed by atoms with E-state index in [1.54, 1.807) is 6.92 Å². The third kappa shape index (κ3) is 2.41. The van der Waals surface area contributed by atoms with Crippen LogP contribution in [0.15, 0.2) is 12.3 Å². The SMILES string of the molecule is Cc1cnc(F)c(C(O)C(O)CCl)c1. The van der Waals surface area contributed by atoms with Crippen LogP contribution in [0.25, 0.3) is 0 Å². The molecular formula is C9H11ClFNO2. The van der Waals surface area contributed by atoms with E-state index < -0.39 is 18.2 Å². The first kappa shape index (κ1) is 11.4. The van der Waals surface area contributed by atoms with Gasteiger partial charge in [-0.25, -0.2) is 4.98 Å². The molecule has 0 aliphatic rings. The quantitative estimate of drug-likeness (QED) is 0.593. The number of alkyl halides is 1. The predicted molar refractivity (Wildman–Crippen MR) is 50.6 cm³/mol. The Kier molecular flexibility index (Phi) is 3.80. The highest BCUT2D eigenvalue weighted by Crippen LogP contribution is 2.20. The summed E-state index contributed by atoms with van der Waals surface area (Å²) in [6.45, 7) is 1.72. The lowest BCUT2D eigenvalue weighted by molar-refractivity contribution is 0.0299. The van der Waals surface area contributed by atoms with Gasteiger partial charge in [-0.3, -0.25) is 0 Å². The molecule has 2 unspecified atom stereocenters. The maximum atomic E-state index is 13.1. The molecule has 1 aromatic rings. The Morgan fingerprint density at radius 3 is 2.79 bits per heavy atom. The van der Waals surface area contributed by atoms with Crippen LogP contribution in [0.4, 0.5) is 4.39 Å². The van der Waals surface area contributed by atoms with Gasteiger partial charge in [-0.1, -0.05) is 0 Å². The molecule has 0 aliphatic carbocycles. The fraction of sp³-hybridized carbons (Fsp3) is 0.444. The van der Waals surface area contributed by atoms with E-state index in [0.717, 1.165) is 0 Å². The molecule has 0 amide bonds. The first-order chi connectivity index (χ1) is 6.56. The van der Waals surface area contributed by atoms with Crippen molar-refractivity contribution in [3.8, 4) is 0 Å². The second-order valence-electron chi connectivity index (χ2n) is 3.06. The Bertz CT molecular complexity index is 322. The van der Waals surface area contributed by atoms with Gasteiger partial charge in [0.2, 0.25) is 5.95 Å². The molecule has 0 radical (unpaired) electrons. The third-order valence-electron chi connectivity index (χ3n) is 1.84. The molecule has 1 rings (SSSR count). The van der Waals surface area contributed by atoms with Gasteiger partial charge < -0.3 is 10.2 Å². The van der Waals surface area contributed by atoms with Crippen molar-refractivity contribution in [1.82, 2.24) is 4.98 Å². The fourth-order valence-corrected chi connectivity index (χ4v) is 1.24. The average Bonchev–Trinajstić information content (AvgIpc) is 2.19. The van der Waals surface area contributed by atoms with E-state index in [4.69, 9.17) is 11.6 Å². The molecule has 1 aromatic heterocycles. The summed E-state index contributed by atoms with van der Waals surface area (Å²) < 4.78 is 13.1. The number of aliphatic hydroxyl groups excluding tert-OH is 2. The maximum Gasteiger partial charge on any atom is 0.218 e. The largest absolute Gasteiger partial charge is 0.389 e. The van der Waals surface area contributed by atoms with E-state index in [-0.39, 0.29) is 11.4 Å². The smallest absolute Gasteiger partial charge is 0.218 e. The first-order valence-corrected chi connectivity index (χ1v) is 4.64. The minimum Gasteiger partial charge on any atom is -0.389 e. The Labute approximate surface area is 86.2 Å². The zero-order chi connectivity index (χ0) is 10.7. The van der Waals surface area contributed by atoms with Crippen molar-refractivity contribution in [2.45, 2.75) is 19.1 Å². The molecule has 0 fully saturated rings. The van der Waals surface area contributed by atoms with Crippen molar-refractivity contribution in [3.63, 3.8) is 0 Å². The Morgan fingerprint density at radius 2 is 2.21 bits per heavy atom. The van der Waals surface area contributed by atoms with Gasteiger partial charge in [-0.15, -0.1) is 11.6 Å². The third-order valence-corrected chi connectivity index (χ3v) is 2.16. The number of aryl methyl sites for hydroxylation is 1. The molecule has 5 heteroatoms. The Balaban J connectivity index is 2.99. The highest BCUT2D eigenvalue weighted by Gasteiger charge is 2.21. The van der Waals surface area contributed by atoms with Crippen molar-refractivity contribution in [1.29, 1.82) is 0 Å². The van der Waals surface area contributed by atoms with Crippen molar-refractivity contribution in [3.05, 3.63) is 29.3 Å². The summed E-state index contributed by atoms with van der Waals surface area (Å²) in [7, 11) is 0. The summed E-state index contributed by atoms with van der Waals surface area (Å²) >= 11 is 5.34. The lowest BCUT2D eigenvalue weighted by Gasteiger charge is -2.16. The number of nitrogens with zero attached hydrogens (tertiary/aromatic N) is 1. The van der Waals surface area contributed by atoms with E-state index in [1.165, 1.54) is 12.3 Å². The molecule has 2 N–H and O–H groups in total. The Hall–Kier alpha value is -0.710. The lowest BCUT2D eigenvalue weighted by Crippen LogP contribution is -2.21. The zero-order valence-electron chi connectivity index (χ0n) is 7.61. The first-order valence-electron chi connectivity index (χ1n) is 4.10. The maximum absolute atomic E-state index is 13.1. The number of hydrogen-bond acceptors (Lipinski definition) is 3. The molecule has 1 heterocycles. The Morgan fingerprint density at radius 1 is 1.57 bits per heavy atom. The fourth-order valence-electron chi connectivity index (χ4n) is 1.07. The molecule has 0 bridgehead atoms. The molecule has 2 atom stereocenters. The monoisotopic (exact) mass is 219 g/mol. The summed E-state index contributed by atoms with van der Waals surface area (Å²) in [6.07, 6.45) is -1.17. The lowest BCUT2D eigenvalue weighted by atomic mass is 10.1. The highest BCUT2D eigenvalue weighted by atomic mass is 35.5. The molecule has 78 valence electrons. The minimum atomic E-state index is -1.33. The van der Waals surface area contributed by atoms with Crippen molar-refractivity contribution < 1.29 is 14.6 Å². The van der Waals surface area contributed by atoms with Gasteiger partial charge in [0.05, 0.1) is 12.0 Å². The number of aromatic nitrogens is 1. The highest BCUT2D eigenvalue weighted by molar-refractivity contribution is 6.18. The van der Waals surface area contributed by atoms with E-state index in [9.17, 15) is 14.6 Å². The van der Waals surface area contributed by atoms with E-state index >= 15 is 0 Å². The van der Waals surface area contributed by atoms with E-state index in [0.29, 0.717) is 5.56 Å². The van der Waals surface area contributed by atoms with Crippen LogP contribution < -0.4 is 0 Å². The van der Waals surface area contributed by atoms with E-state index in [1.807, 2.05) is 0 Å². The van der Waals surface area contributed by atoms with Crippen molar-refractivity contribution >= 4 is 11.6 Å². The predicted octanol–water partition coefficient (Wildman–Crippen LogP) is 1.16. The molecule has 0 saturated heterocycles. The van der Waals surface area contributed by atoms with E-state index in [2.05, 4.69) is 4.98 Å². The van der Waals surface area contributed by atoms with Crippen LogP contribution >= 0.6 is 11.6 Å². The van der Waals surface area contributed by atoms with Crippen LogP contribution in [0.2, 0.25) is 0 Å². The van der Waals surface area contributed by atoms with Gasteiger partial charge in [0.1, 0.15) is 6.10 Å². The minimum absolute atomic E-state index is 0.0295. The van der Waals surface area contributed by atoms with Crippen molar-refractivity contribution in [2.24, 2.45) is 0 Å². The summed E-state index contributed by atoms with van der Waals surface area (Å²) in [5.41, 5.74) is 0.681. The molecule has 0 spiro atoms. The van der Waals surface area contributed by atoms with Crippen LogP contribution in [0.3, 0.4) is 0 Å². The number of rotatable bonds is 3. The molecule has 0 saturated carbocycles. The second kappa shape index (κ2) is 4.68. The number of pyridine rings is 1. The normalized spacial score (nSPS) is 15.2. The van der Waals surface area contributed by atoms with Crippen molar-refractivity contribution in [2.75, 3.05) is 5.88 Å². The molecular weight excluding hydrogens is 209 g/mol. The summed E-state index contributed by atoms with van der Waals surface area (Å²) in [5.74, 6) is -0.943. The summed E-state index contributed by atoms with van der Waals surface area (Å²) in [4.78, 5) is 3.44. The van der Waals surface area contributed by atoms with Gasteiger partial charge in [0.25, 0.3) is 0 Å². The average molecular weight is 220 g/mol. The number of hydrogen-bond donors (Lipinski definition) is 2. The van der Waals surface area contributed by atoms with Gasteiger partial charge in [-0.05, 0) is 18.6 Å². The van der Waals surface area contributed by atoms with Crippen LogP contribution in [0.5, 0.6) is 0 Å². The molecule has 3 nitrogen and oxygen atoms in total. The number of halogens is 2. The van der Waals surface area contributed by atoms with Gasteiger partial charge in [0, 0.05) is 11.8 Å². The standard InChI is InChI=1S/C9H11ClFNO2/c1-5-2-6(9(11)12-4-5)8(14)7(13)3-10/h2,4,7-8,13-14H,3H2,1H3. The van der Waals surface area contributed by atoms with Crippen LogP contribution in [-0.2, 0) is 0 Å².